The Kier molecular flexibility index (Phi) is 4.67. The van der Waals surface area contributed by atoms with Crippen molar-refractivity contribution in [1.82, 2.24) is 0 Å². The molecule has 0 bridgehead atoms. The zero-order chi connectivity index (χ0) is 15.6. The lowest BCUT2D eigenvalue weighted by Crippen LogP contribution is -1.97. The molecular formula is C14H11Cl2NO4. The Labute approximate surface area is 130 Å². The van der Waals surface area contributed by atoms with E-state index in [1.165, 1.54) is 19.1 Å². The molecule has 5 nitrogen and oxygen atoms in total. The monoisotopic (exact) mass is 327 g/mol. The van der Waals surface area contributed by atoms with Crippen molar-refractivity contribution in [3.05, 3.63) is 62.1 Å². The van der Waals surface area contributed by atoms with E-state index >= 15 is 0 Å². The number of nitrogens with zero attached hydrogens (tertiary/aromatic N) is 1. The maximum Gasteiger partial charge on any atom is 0.311 e. The summed E-state index contributed by atoms with van der Waals surface area (Å²) >= 11 is 11.9. The van der Waals surface area contributed by atoms with Gasteiger partial charge in [0.2, 0.25) is 5.75 Å². The van der Waals surface area contributed by atoms with Gasteiger partial charge in [-0.3, -0.25) is 10.1 Å². The minimum atomic E-state index is -0.812. The zero-order valence-electron chi connectivity index (χ0n) is 10.9. The molecule has 7 heteroatoms. The summed E-state index contributed by atoms with van der Waals surface area (Å²) < 4.78 is 5.48. The van der Waals surface area contributed by atoms with E-state index in [9.17, 15) is 15.2 Å². The number of hydrogen-bond acceptors (Lipinski definition) is 4. The van der Waals surface area contributed by atoms with E-state index in [1.807, 2.05) is 0 Å². The maximum absolute atomic E-state index is 11.1. The number of halogens is 2. The third-order valence-corrected chi connectivity index (χ3v) is 3.60. The molecular weight excluding hydrogens is 317 g/mol. The predicted molar refractivity (Wildman–Crippen MR) is 80.3 cm³/mol. The van der Waals surface area contributed by atoms with Crippen LogP contribution in [0.5, 0.6) is 11.5 Å². The van der Waals surface area contributed by atoms with Crippen LogP contribution in [0.3, 0.4) is 0 Å². The molecule has 2 aromatic carbocycles. The van der Waals surface area contributed by atoms with E-state index in [2.05, 4.69) is 0 Å². The number of aliphatic hydroxyl groups excluding tert-OH is 1. The summed E-state index contributed by atoms with van der Waals surface area (Å²) in [5.74, 6) is 0.241. The van der Waals surface area contributed by atoms with Crippen LogP contribution in [-0.2, 0) is 0 Å². The Morgan fingerprint density at radius 1 is 1.24 bits per heavy atom. The van der Waals surface area contributed by atoms with E-state index in [4.69, 9.17) is 27.9 Å². The molecule has 0 aliphatic heterocycles. The molecule has 0 radical (unpaired) electrons. The number of hydrogen-bond donors (Lipinski definition) is 1. The quantitative estimate of drug-likeness (QED) is 0.649. The molecule has 1 atom stereocenters. The summed E-state index contributed by atoms with van der Waals surface area (Å²) in [6, 6.07) is 8.99. The maximum atomic E-state index is 11.1. The van der Waals surface area contributed by atoms with Crippen molar-refractivity contribution in [3.63, 3.8) is 0 Å². The van der Waals surface area contributed by atoms with Crippen LogP contribution in [0, 0.1) is 10.1 Å². The first-order valence-electron chi connectivity index (χ1n) is 5.98. The van der Waals surface area contributed by atoms with Gasteiger partial charge in [0.05, 0.1) is 16.0 Å². The van der Waals surface area contributed by atoms with Crippen LogP contribution in [0.4, 0.5) is 5.69 Å². The molecule has 2 aromatic rings. The molecule has 1 unspecified atom stereocenters. The second-order valence-electron chi connectivity index (χ2n) is 4.31. The van der Waals surface area contributed by atoms with Gasteiger partial charge in [-0.15, -0.1) is 0 Å². The fourth-order valence-electron chi connectivity index (χ4n) is 1.70. The SMILES string of the molecule is CC(O)c1ccc(Oc2cccc(Cl)c2Cl)c([N+](=O)[O-])c1. The van der Waals surface area contributed by atoms with Gasteiger partial charge < -0.3 is 9.84 Å². The fraction of sp³-hybridized carbons (Fsp3) is 0.143. The van der Waals surface area contributed by atoms with Crippen LogP contribution >= 0.6 is 23.2 Å². The number of benzene rings is 2. The van der Waals surface area contributed by atoms with Gasteiger partial charge in [-0.1, -0.05) is 35.3 Å². The Bertz CT molecular complexity index is 689. The average molecular weight is 328 g/mol. The number of rotatable bonds is 4. The molecule has 0 saturated carbocycles. The van der Waals surface area contributed by atoms with E-state index in [-0.39, 0.29) is 27.2 Å². The Hall–Kier alpha value is -1.82. The van der Waals surface area contributed by atoms with Crippen molar-refractivity contribution >= 4 is 28.9 Å². The summed E-state index contributed by atoms with van der Waals surface area (Å²) in [6.07, 6.45) is -0.812. The van der Waals surface area contributed by atoms with Gasteiger partial charge in [0.15, 0.2) is 0 Å². The first-order chi connectivity index (χ1) is 9.90. The van der Waals surface area contributed by atoms with Crippen LogP contribution in [0.15, 0.2) is 36.4 Å². The highest BCUT2D eigenvalue weighted by Crippen LogP contribution is 2.38. The van der Waals surface area contributed by atoms with E-state index in [0.717, 1.165) is 0 Å². The molecule has 0 heterocycles. The topological polar surface area (TPSA) is 72.6 Å². The van der Waals surface area contributed by atoms with Crippen LogP contribution in [0.2, 0.25) is 10.0 Å². The second-order valence-corrected chi connectivity index (χ2v) is 5.10. The van der Waals surface area contributed by atoms with Gasteiger partial charge in [0.25, 0.3) is 0 Å². The number of nitro groups is 1. The largest absolute Gasteiger partial charge is 0.449 e. The number of aliphatic hydroxyl groups is 1. The predicted octanol–water partition coefficient (Wildman–Crippen LogP) is 4.75. The van der Waals surface area contributed by atoms with Gasteiger partial charge >= 0.3 is 5.69 Å². The lowest BCUT2D eigenvalue weighted by atomic mass is 10.1. The summed E-state index contributed by atoms with van der Waals surface area (Å²) in [5.41, 5.74) is 0.163. The summed E-state index contributed by atoms with van der Waals surface area (Å²) in [5, 5.41) is 21.1. The highest BCUT2D eigenvalue weighted by atomic mass is 35.5. The van der Waals surface area contributed by atoms with Crippen molar-refractivity contribution in [2.45, 2.75) is 13.0 Å². The van der Waals surface area contributed by atoms with Crippen LogP contribution in [-0.4, -0.2) is 10.0 Å². The molecule has 0 aliphatic carbocycles. The van der Waals surface area contributed by atoms with Gasteiger partial charge in [0.1, 0.15) is 10.8 Å². The van der Waals surface area contributed by atoms with Crippen molar-refractivity contribution < 1.29 is 14.8 Å². The van der Waals surface area contributed by atoms with Gasteiger partial charge in [-0.2, -0.15) is 0 Å². The lowest BCUT2D eigenvalue weighted by Gasteiger charge is -2.10. The lowest BCUT2D eigenvalue weighted by molar-refractivity contribution is -0.385. The zero-order valence-corrected chi connectivity index (χ0v) is 12.4. The van der Waals surface area contributed by atoms with Gasteiger partial charge in [-0.05, 0) is 30.7 Å². The van der Waals surface area contributed by atoms with Gasteiger partial charge in [-0.25, -0.2) is 0 Å². The van der Waals surface area contributed by atoms with Crippen LogP contribution in [0.1, 0.15) is 18.6 Å². The first kappa shape index (κ1) is 15.6. The molecule has 110 valence electrons. The van der Waals surface area contributed by atoms with Gasteiger partial charge in [0, 0.05) is 6.07 Å². The van der Waals surface area contributed by atoms with Crippen molar-refractivity contribution in [3.8, 4) is 11.5 Å². The highest BCUT2D eigenvalue weighted by molar-refractivity contribution is 6.42. The van der Waals surface area contributed by atoms with E-state index in [1.54, 1.807) is 24.3 Å². The molecule has 0 amide bonds. The Morgan fingerprint density at radius 2 is 1.95 bits per heavy atom. The van der Waals surface area contributed by atoms with Crippen LogP contribution < -0.4 is 4.74 Å². The third-order valence-electron chi connectivity index (χ3n) is 2.80. The van der Waals surface area contributed by atoms with Crippen molar-refractivity contribution in [2.75, 3.05) is 0 Å². The van der Waals surface area contributed by atoms with E-state index in [0.29, 0.717) is 5.56 Å². The molecule has 2 rings (SSSR count). The molecule has 0 aromatic heterocycles. The molecule has 0 spiro atoms. The smallest absolute Gasteiger partial charge is 0.311 e. The molecule has 21 heavy (non-hydrogen) atoms. The summed E-state index contributed by atoms with van der Waals surface area (Å²) in [7, 11) is 0. The van der Waals surface area contributed by atoms with Crippen molar-refractivity contribution in [1.29, 1.82) is 0 Å². The van der Waals surface area contributed by atoms with Crippen LogP contribution in [0.25, 0.3) is 0 Å². The first-order valence-corrected chi connectivity index (χ1v) is 6.74. The summed E-state index contributed by atoms with van der Waals surface area (Å²) in [4.78, 5) is 10.5. The molecule has 0 saturated heterocycles. The minimum Gasteiger partial charge on any atom is -0.449 e. The standard InChI is InChI=1S/C14H11Cl2NO4/c1-8(18)9-5-6-12(11(7-9)17(19)20)21-13-4-2-3-10(15)14(13)16/h2-8,18H,1H3. The number of nitro benzene ring substituents is 1. The Balaban J connectivity index is 2.44. The summed E-state index contributed by atoms with van der Waals surface area (Å²) in [6.45, 7) is 1.52. The normalized spacial score (nSPS) is 12.0. The minimum absolute atomic E-state index is 0.0218. The third kappa shape index (κ3) is 3.44. The number of ether oxygens (including phenoxy) is 1. The highest BCUT2D eigenvalue weighted by Gasteiger charge is 2.19. The molecule has 1 N–H and O–H groups in total. The average Bonchev–Trinajstić information content (AvgIpc) is 2.43. The Morgan fingerprint density at radius 3 is 2.57 bits per heavy atom. The molecule has 0 fully saturated rings. The fourth-order valence-corrected chi connectivity index (χ4v) is 2.03. The molecule has 0 aliphatic rings. The van der Waals surface area contributed by atoms with Crippen molar-refractivity contribution in [2.24, 2.45) is 0 Å². The van der Waals surface area contributed by atoms with E-state index < -0.39 is 11.0 Å². The second kappa shape index (κ2) is 6.30.